The highest BCUT2D eigenvalue weighted by molar-refractivity contribution is 6.12. The van der Waals surface area contributed by atoms with Crippen molar-refractivity contribution in [3.63, 3.8) is 0 Å². The summed E-state index contributed by atoms with van der Waals surface area (Å²) in [4.78, 5) is 17.4. The number of anilines is 2. The SMILES string of the molecule is COc1cc(N)c(N2C(=O)c3ccccc3C2N=[N+]=[N-])cc1OC1CCCC1. The summed E-state index contributed by atoms with van der Waals surface area (Å²) < 4.78 is 11.6. The maximum absolute atomic E-state index is 13.1. The molecule has 0 radical (unpaired) electrons. The Morgan fingerprint density at radius 3 is 2.68 bits per heavy atom. The summed E-state index contributed by atoms with van der Waals surface area (Å²) in [6, 6.07) is 10.4. The van der Waals surface area contributed by atoms with Gasteiger partial charge < -0.3 is 15.2 Å². The Kier molecular flexibility index (Phi) is 4.71. The summed E-state index contributed by atoms with van der Waals surface area (Å²) in [5.74, 6) is 0.774. The minimum Gasteiger partial charge on any atom is -0.493 e. The Bertz CT molecular complexity index is 964. The third kappa shape index (κ3) is 2.97. The summed E-state index contributed by atoms with van der Waals surface area (Å²) >= 11 is 0. The zero-order chi connectivity index (χ0) is 19.7. The average Bonchev–Trinajstić information content (AvgIpc) is 3.31. The number of hydrogen-bond donors (Lipinski definition) is 1. The number of fused-ring (bicyclic) bond motifs is 1. The molecule has 0 aromatic heterocycles. The van der Waals surface area contributed by atoms with Gasteiger partial charge in [0.05, 0.1) is 24.6 Å². The summed E-state index contributed by atoms with van der Waals surface area (Å²) in [5.41, 5.74) is 17.2. The molecule has 1 saturated carbocycles. The molecule has 2 aromatic rings. The number of nitrogen functional groups attached to an aromatic ring is 1. The van der Waals surface area contributed by atoms with Crippen molar-refractivity contribution in [2.75, 3.05) is 17.7 Å². The van der Waals surface area contributed by atoms with E-state index >= 15 is 0 Å². The van der Waals surface area contributed by atoms with Crippen molar-refractivity contribution in [1.29, 1.82) is 0 Å². The molecule has 1 amide bonds. The highest BCUT2D eigenvalue weighted by Crippen LogP contribution is 2.45. The average molecular weight is 379 g/mol. The topological polar surface area (TPSA) is 114 Å². The van der Waals surface area contributed by atoms with E-state index in [1.54, 1.807) is 37.4 Å². The molecule has 0 spiro atoms. The lowest BCUT2D eigenvalue weighted by Gasteiger charge is -2.25. The number of rotatable bonds is 5. The molecule has 4 rings (SSSR count). The van der Waals surface area contributed by atoms with Gasteiger partial charge in [0.1, 0.15) is 6.17 Å². The number of amides is 1. The number of carbonyl (C=O) groups is 1. The number of ether oxygens (including phenoxy) is 2. The van der Waals surface area contributed by atoms with Gasteiger partial charge in [0.2, 0.25) is 0 Å². The van der Waals surface area contributed by atoms with Crippen LogP contribution >= 0.6 is 0 Å². The summed E-state index contributed by atoms with van der Waals surface area (Å²) in [7, 11) is 1.55. The molecular formula is C20H21N5O3. The van der Waals surface area contributed by atoms with Gasteiger partial charge in [-0.3, -0.25) is 9.69 Å². The molecule has 144 valence electrons. The van der Waals surface area contributed by atoms with E-state index in [2.05, 4.69) is 10.0 Å². The monoisotopic (exact) mass is 379 g/mol. The van der Waals surface area contributed by atoms with E-state index in [1.165, 1.54) is 4.90 Å². The van der Waals surface area contributed by atoms with Crippen LogP contribution in [0.3, 0.4) is 0 Å². The molecule has 2 N–H and O–H groups in total. The molecule has 28 heavy (non-hydrogen) atoms. The van der Waals surface area contributed by atoms with Crippen molar-refractivity contribution in [2.45, 2.75) is 38.0 Å². The quantitative estimate of drug-likeness (QED) is 0.355. The molecule has 1 fully saturated rings. The van der Waals surface area contributed by atoms with Gasteiger partial charge in [-0.25, -0.2) is 0 Å². The van der Waals surface area contributed by atoms with Crippen molar-refractivity contribution in [1.82, 2.24) is 0 Å². The molecule has 8 nitrogen and oxygen atoms in total. The van der Waals surface area contributed by atoms with Crippen molar-refractivity contribution in [3.8, 4) is 11.5 Å². The maximum atomic E-state index is 13.1. The second-order valence-electron chi connectivity index (χ2n) is 6.93. The van der Waals surface area contributed by atoms with E-state index in [4.69, 9.17) is 20.7 Å². The Hall–Kier alpha value is -3.38. The smallest absolute Gasteiger partial charge is 0.259 e. The highest BCUT2D eigenvalue weighted by Gasteiger charge is 2.38. The first-order valence-corrected chi connectivity index (χ1v) is 9.25. The van der Waals surface area contributed by atoms with E-state index in [-0.39, 0.29) is 12.0 Å². The van der Waals surface area contributed by atoms with E-state index < -0.39 is 6.17 Å². The zero-order valence-electron chi connectivity index (χ0n) is 15.5. The number of azide groups is 1. The first-order chi connectivity index (χ1) is 13.6. The Morgan fingerprint density at radius 1 is 1.21 bits per heavy atom. The normalized spacial score (nSPS) is 18.7. The summed E-state index contributed by atoms with van der Waals surface area (Å²) in [6.07, 6.45) is 3.55. The fourth-order valence-corrected chi connectivity index (χ4v) is 3.91. The van der Waals surface area contributed by atoms with Crippen LogP contribution in [0.4, 0.5) is 11.4 Å². The molecule has 1 aliphatic carbocycles. The van der Waals surface area contributed by atoms with Gasteiger partial charge in [-0.1, -0.05) is 23.3 Å². The van der Waals surface area contributed by atoms with Gasteiger partial charge in [-0.2, -0.15) is 0 Å². The highest BCUT2D eigenvalue weighted by atomic mass is 16.5. The van der Waals surface area contributed by atoms with Gasteiger partial charge in [0, 0.05) is 22.6 Å². The number of methoxy groups -OCH3 is 1. The van der Waals surface area contributed by atoms with Crippen molar-refractivity contribution < 1.29 is 14.3 Å². The number of nitrogens with two attached hydrogens (primary N) is 1. The van der Waals surface area contributed by atoms with Crippen LogP contribution in [0.15, 0.2) is 41.5 Å². The molecule has 8 heteroatoms. The van der Waals surface area contributed by atoms with Gasteiger partial charge >= 0.3 is 0 Å². The van der Waals surface area contributed by atoms with Gasteiger partial charge in [0.15, 0.2) is 11.5 Å². The van der Waals surface area contributed by atoms with Gasteiger partial charge in [0.25, 0.3) is 5.91 Å². The van der Waals surface area contributed by atoms with Crippen LogP contribution in [0.2, 0.25) is 0 Å². The van der Waals surface area contributed by atoms with E-state index in [9.17, 15) is 4.79 Å². The standard InChI is InChI=1S/C20H21N5O3/c1-27-17-10-15(21)16(11-18(17)28-12-6-2-3-7-12)25-19(23-24-22)13-8-4-5-9-14(13)20(25)26/h4-5,8-12,19H,2-3,6-7,21H2,1H3. The zero-order valence-corrected chi connectivity index (χ0v) is 15.5. The molecular weight excluding hydrogens is 358 g/mol. The lowest BCUT2D eigenvalue weighted by atomic mass is 10.1. The molecule has 1 atom stereocenters. The Morgan fingerprint density at radius 2 is 1.96 bits per heavy atom. The first kappa shape index (κ1) is 18.0. The van der Waals surface area contributed by atoms with E-state index in [1.807, 2.05) is 6.07 Å². The van der Waals surface area contributed by atoms with Gasteiger partial charge in [-0.15, -0.1) is 0 Å². The molecule has 0 saturated heterocycles. The fraction of sp³-hybridized carbons (Fsp3) is 0.350. The largest absolute Gasteiger partial charge is 0.493 e. The second kappa shape index (κ2) is 7.32. The van der Waals surface area contributed by atoms with Crippen LogP contribution in [-0.4, -0.2) is 19.1 Å². The number of benzene rings is 2. The van der Waals surface area contributed by atoms with Crippen LogP contribution in [0.5, 0.6) is 11.5 Å². The van der Waals surface area contributed by atoms with Crippen molar-refractivity contribution in [3.05, 3.63) is 58.0 Å². The minimum atomic E-state index is -0.802. The molecule has 2 aliphatic rings. The minimum absolute atomic E-state index is 0.116. The fourth-order valence-electron chi connectivity index (χ4n) is 3.91. The molecule has 0 bridgehead atoms. The van der Waals surface area contributed by atoms with Crippen LogP contribution in [-0.2, 0) is 0 Å². The van der Waals surface area contributed by atoms with Crippen LogP contribution in [0.1, 0.15) is 47.8 Å². The lowest BCUT2D eigenvalue weighted by molar-refractivity contribution is 0.0991. The summed E-state index contributed by atoms with van der Waals surface area (Å²) in [6.45, 7) is 0. The lowest BCUT2D eigenvalue weighted by Crippen LogP contribution is -2.27. The third-order valence-corrected chi connectivity index (χ3v) is 5.26. The van der Waals surface area contributed by atoms with Crippen LogP contribution in [0.25, 0.3) is 10.4 Å². The summed E-state index contributed by atoms with van der Waals surface area (Å²) in [5, 5.41) is 3.85. The molecule has 1 heterocycles. The number of nitrogens with zero attached hydrogens (tertiary/aromatic N) is 4. The third-order valence-electron chi connectivity index (χ3n) is 5.26. The van der Waals surface area contributed by atoms with Gasteiger partial charge in [-0.05, 0) is 42.8 Å². The number of carbonyl (C=O) groups excluding carboxylic acids is 1. The van der Waals surface area contributed by atoms with E-state index in [0.717, 1.165) is 25.7 Å². The second-order valence-corrected chi connectivity index (χ2v) is 6.93. The van der Waals surface area contributed by atoms with Crippen LogP contribution < -0.4 is 20.1 Å². The Labute approximate surface area is 162 Å². The van der Waals surface area contributed by atoms with Crippen molar-refractivity contribution >= 4 is 17.3 Å². The van der Waals surface area contributed by atoms with Crippen molar-refractivity contribution in [2.24, 2.45) is 5.11 Å². The first-order valence-electron chi connectivity index (χ1n) is 9.25. The maximum Gasteiger partial charge on any atom is 0.259 e. The Balaban J connectivity index is 1.79. The molecule has 2 aromatic carbocycles. The van der Waals surface area contributed by atoms with E-state index in [0.29, 0.717) is 34.0 Å². The van der Waals surface area contributed by atoms with Crippen LogP contribution in [0, 0.1) is 0 Å². The predicted molar refractivity (Wildman–Crippen MR) is 105 cm³/mol. The molecule has 1 aliphatic heterocycles. The number of hydrogen-bond acceptors (Lipinski definition) is 5. The predicted octanol–water partition coefficient (Wildman–Crippen LogP) is 4.57. The molecule has 1 unspecified atom stereocenters.